The zero-order chi connectivity index (χ0) is 31.0. The number of likely N-dealkylation sites (N-methyl/N-ethyl adjacent to an activating group) is 1. The van der Waals surface area contributed by atoms with Gasteiger partial charge in [0.15, 0.2) is 0 Å². The molecule has 0 radical (unpaired) electrons. The Labute approximate surface area is 271 Å². The van der Waals surface area contributed by atoms with Gasteiger partial charge in [-0.3, -0.25) is 4.90 Å². The van der Waals surface area contributed by atoms with Gasteiger partial charge in [0.2, 0.25) is 5.95 Å². The fourth-order valence-electron chi connectivity index (χ4n) is 6.63. The van der Waals surface area contributed by atoms with Crippen molar-refractivity contribution in [1.29, 1.82) is 0 Å². The third-order valence-electron chi connectivity index (χ3n) is 9.13. The molecule has 3 aliphatic heterocycles. The van der Waals surface area contributed by atoms with Crippen molar-refractivity contribution in [2.45, 2.75) is 25.8 Å². The molecule has 0 amide bonds. The van der Waals surface area contributed by atoms with Crippen molar-refractivity contribution in [2.24, 2.45) is 0 Å². The highest BCUT2D eigenvalue weighted by molar-refractivity contribution is 9.10. The van der Waals surface area contributed by atoms with Crippen molar-refractivity contribution < 1.29 is 4.74 Å². The van der Waals surface area contributed by atoms with E-state index in [0.29, 0.717) is 17.8 Å². The SMILES string of the molecule is COc1cc(N2CCC(N3CCN(C)CC3)CC2)c(C)cc1Nc1ncc(Br)c(Nc2ccc3c(c2P(C)C)NCN3C)n1. The number of hydrogen-bond donors (Lipinski definition) is 3. The van der Waals surface area contributed by atoms with Crippen molar-refractivity contribution in [3.05, 3.63) is 40.5 Å². The number of rotatable bonds is 8. The Morgan fingerprint density at radius 3 is 2.43 bits per heavy atom. The molecule has 0 aliphatic carbocycles. The van der Waals surface area contributed by atoms with E-state index in [1.807, 2.05) is 0 Å². The Hall–Kier alpha value is -2.85. The summed E-state index contributed by atoms with van der Waals surface area (Å²) in [7, 11) is 5.69. The molecule has 1 aromatic heterocycles. The average molecular weight is 683 g/mol. The Balaban J connectivity index is 1.18. The molecule has 3 N–H and O–H groups in total. The quantitative estimate of drug-likeness (QED) is 0.267. The van der Waals surface area contributed by atoms with Crippen LogP contribution < -0.4 is 35.8 Å². The standard InChI is InChI=1S/C32H45BrN9OP/c1-21-17-25(28(43-4)18-27(21)42-11-9-22(10-12-42)41-15-13-39(2)14-16-41)37-32-34-19-23(33)31(38-32)36-24-7-8-26-29(30(24)44(5)6)35-20-40(26)3/h7-8,17-19,22,35H,9-16,20H2,1-6H3,(H2,34,36,37,38). The predicted molar refractivity (Wildman–Crippen MR) is 190 cm³/mol. The van der Waals surface area contributed by atoms with Gasteiger partial charge in [0, 0.05) is 81.3 Å². The molecular formula is C32H45BrN9OP. The van der Waals surface area contributed by atoms with E-state index in [2.05, 4.69) is 115 Å². The fourth-order valence-corrected chi connectivity index (χ4v) is 8.17. The molecule has 0 atom stereocenters. The maximum atomic E-state index is 5.88. The van der Waals surface area contributed by atoms with Gasteiger partial charge in [0.25, 0.3) is 0 Å². The maximum Gasteiger partial charge on any atom is 0.229 e. The lowest BCUT2D eigenvalue weighted by Crippen LogP contribution is -2.52. The lowest BCUT2D eigenvalue weighted by molar-refractivity contribution is 0.0982. The monoisotopic (exact) mass is 681 g/mol. The molecule has 0 spiro atoms. The van der Waals surface area contributed by atoms with Crippen molar-refractivity contribution in [3.63, 3.8) is 0 Å². The van der Waals surface area contributed by atoms with Crippen LogP contribution in [0.4, 0.5) is 40.2 Å². The molecule has 4 heterocycles. The maximum absolute atomic E-state index is 5.88. The van der Waals surface area contributed by atoms with Crippen molar-refractivity contribution >= 4 is 69.4 Å². The zero-order valence-electron chi connectivity index (χ0n) is 26.7. The number of piperidine rings is 1. The Kier molecular flexibility index (Phi) is 9.38. The summed E-state index contributed by atoms with van der Waals surface area (Å²) in [6.07, 6.45) is 4.19. The first-order valence-corrected chi connectivity index (χ1v) is 18.5. The molecule has 12 heteroatoms. The van der Waals surface area contributed by atoms with E-state index in [4.69, 9.17) is 9.72 Å². The van der Waals surface area contributed by atoms with Gasteiger partial charge in [0.05, 0.1) is 35.3 Å². The number of nitrogens with zero attached hydrogens (tertiary/aromatic N) is 6. The summed E-state index contributed by atoms with van der Waals surface area (Å²) >= 11 is 3.66. The number of halogens is 1. The molecule has 6 rings (SSSR count). The smallest absolute Gasteiger partial charge is 0.229 e. The topological polar surface area (TPSA) is 84.1 Å². The summed E-state index contributed by atoms with van der Waals surface area (Å²) in [5.74, 6) is 2.00. The van der Waals surface area contributed by atoms with E-state index < -0.39 is 0 Å². The molecule has 0 saturated carbocycles. The minimum atomic E-state index is -0.369. The molecule has 3 aromatic rings. The summed E-state index contributed by atoms with van der Waals surface area (Å²) in [6.45, 7) is 14.4. The first kappa shape index (κ1) is 31.1. The second kappa shape index (κ2) is 13.3. The zero-order valence-corrected chi connectivity index (χ0v) is 29.2. The van der Waals surface area contributed by atoms with Crippen molar-refractivity contribution in [2.75, 3.05) is 106 Å². The third-order valence-corrected chi connectivity index (χ3v) is 11.1. The van der Waals surface area contributed by atoms with Crippen molar-refractivity contribution in [3.8, 4) is 5.75 Å². The first-order chi connectivity index (χ1) is 21.2. The highest BCUT2D eigenvalue weighted by Gasteiger charge is 2.28. The third kappa shape index (κ3) is 6.43. The number of aromatic nitrogens is 2. The number of nitrogens with one attached hydrogen (secondary N) is 3. The van der Waals surface area contributed by atoms with E-state index in [1.165, 1.54) is 67.0 Å². The lowest BCUT2D eigenvalue weighted by atomic mass is 10.0. The van der Waals surface area contributed by atoms with E-state index in [0.717, 1.165) is 41.4 Å². The van der Waals surface area contributed by atoms with Crippen LogP contribution in [0.5, 0.6) is 5.75 Å². The van der Waals surface area contributed by atoms with Crippen LogP contribution >= 0.6 is 23.9 Å². The second-order valence-electron chi connectivity index (χ2n) is 12.3. The van der Waals surface area contributed by atoms with Crippen LogP contribution in [0.2, 0.25) is 0 Å². The summed E-state index contributed by atoms with van der Waals surface area (Å²) in [5.41, 5.74) is 6.80. The molecule has 0 unspecified atom stereocenters. The fraction of sp³-hybridized carbons (Fsp3) is 0.500. The highest BCUT2D eigenvalue weighted by Crippen LogP contribution is 2.42. The number of fused-ring (bicyclic) bond motifs is 1. The Bertz CT molecular complexity index is 1490. The molecule has 0 bridgehead atoms. The van der Waals surface area contributed by atoms with Gasteiger partial charge in [-0.05, 0) is 79.8 Å². The number of hydrogen-bond acceptors (Lipinski definition) is 10. The number of anilines is 7. The number of methoxy groups -OCH3 is 1. The van der Waals surface area contributed by atoms with Gasteiger partial charge >= 0.3 is 0 Å². The van der Waals surface area contributed by atoms with Gasteiger partial charge in [-0.1, -0.05) is 7.92 Å². The van der Waals surface area contributed by atoms with Gasteiger partial charge in [-0.25, -0.2) is 4.98 Å². The number of aryl methyl sites for hydroxylation is 1. The van der Waals surface area contributed by atoms with E-state index in [1.54, 1.807) is 13.3 Å². The normalized spacial score (nSPS) is 18.0. The lowest BCUT2D eigenvalue weighted by Gasteiger charge is -2.43. The van der Waals surface area contributed by atoms with Crippen LogP contribution in [-0.2, 0) is 0 Å². The minimum Gasteiger partial charge on any atom is -0.494 e. The summed E-state index contributed by atoms with van der Waals surface area (Å²) in [5, 5.41) is 11.9. The molecule has 2 fully saturated rings. The van der Waals surface area contributed by atoms with Crippen LogP contribution in [0.15, 0.2) is 34.9 Å². The van der Waals surface area contributed by atoms with E-state index in [-0.39, 0.29) is 7.92 Å². The van der Waals surface area contributed by atoms with Crippen LogP contribution in [-0.4, -0.2) is 106 Å². The van der Waals surface area contributed by atoms with Crippen LogP contribution in [0.3, 0.4) is 0 Å². The highest BCUT2D eigenvalue weighted by atomic mass is 79.9. The Morgan fingerprint density at radius 1 is 0.977 bits per heavy atom. The molecule has 10 nitrogen and oxygen atoms in total. The predicted octanol–water partition coefficient (Wildman–Crippen LogP) is 5.45. The number of ether oxygens (including phenoxy) is 1. The summed E-state index contributed by atoms with van der Waals surface area (Å²) in [6, 6.07) is 9.32. The Morgan fingerprint density at radius 2 is 1.73 bits per heavy atom. The van der Waals surface area contributed by atoms with Crippen LogP contribution in [0.25, 0.3) is 0 Å². The summed E-state index contributed by atoms with van der Waals surface area (Å²) < 4.78 is 6.68. The van der Waals surface area contributed by atoms with E-state index >= 15 is 0 Å². The van der Waals surface area contributed by atoms with Crippen molar-refractivity contribution in [1.82, 2.24) is 19.8 Å². The number of benzene rings is 2. The molecule has 2 aromatic carbocycles. The van der Waals surface area contributed by atoms with Gasteiger partial charge in [0.1, 0.15) is 11.6 Å². The van der Waals surface area contributed by atoms with E-state index in [9.17, 15) is 0 Å². The molecule has 2 saturated heterocycles. The molecule has 3 aliphatic rings. The summed E-state index contributed by atoms with van der Waals surface area (Å²) in [4.78, 5) is 19.3. The average Bonchev–Trinajstić information content (AvgIpc) is 3.39. The van der Waals surface area contributed by atoms with Gasteiger partial charge in [-0.2, -0.15) is 4.98 Å². The molecule has 44 heavy (non-hydrogen) atoms. The van der Waals surface area contributed by atoms with Gasteiger partial charge < -0.3 is 35.4 Å². The molecular weight excluding hydrogens is 637 g/mol. The minimum absolute atomic E-state index is 0.369. The second-order valence-corrected chi connectivity index (χ2v) is 15.4. The first-order valence-electron chi connectivity index (χ1n) is 15.4. The largest absolute Gasteiger partial charge is 0.494 e. The van der Waals surface area contributed by atoms with Gasteiger partial charge in [-0.15, -0.1) is 0 Å². The van der Waals surface area contributed by atoms with Crippen LogP contribution in [0, 0.1) is 6.92 Å². The number of piperazine rings is 1. The van der Waals surface area contributed by atoms with Crippen LogP contribution in [0.1, 0.15) is 18.4 Å². The molecule has 236 valence electrons.